The Labute approximate surface area is 159 Å². The second-order valence-electron chi connectivity index (χ2n) is 6.85. The Balaban J connectivity index is 1.54. The van der Waals surface area contributed by atoms with E-state index in [-0.39, 0.29) is 17.8 Å². The van der Waals surface area contributed by atoms with Gasteiger partial charge in [-0.3, -0.25) is 4.79 Å². The minimum Gasteiger partial charge on any atom is -0.349 e. The molecule has 0 aliphatic heterocycles. The van der Waals surface area contributed by atoms with Crippen molar-refractivity contribution in [3.63, 3.8) is 0 Å². The highest BCUT2D eigenvalue weighted by Gasteiger charge is 2.16. The van der Waals surface area contributed by atoms with Crippen LogP contribution in [0.2, 0.25) is 0 Å². The van der Waals surface area contributed by atoms with Crippen LogP contribution in [0.3, 0.4) is 0 Å². The molecule has 2 nitrogen and oxygen atoms in total. The maximum absolute atomic E-state index is 13.6. The topological polar surface area (TPSA) is 29.1 Å². The lowest BCUT2D eigenvalue weighted by atomic mass is 9.89. The van der Waals surface area contributed by atoms with Gasteiger partial charge in [-0.25, -0.2) is 4.39 Å². The summed E-state index contributed by atoms with van der Waals surface area (Å²) in [6.45, 7) is 2.09. The first-order valence-corrected chi connectivity index (χ1v) is 10.5. The van der Waals surface area contributed by atoms with Gasteiger partial charge in [-0.1, -0.05) is 43.3 Å². The molecule has 0 saturated heterocycles. The van der Waals surface area contributed by atoms with Gasteiger partial charge in [0.05, 0.1) is 11.8 Å². The van der Waals surface area contributed by atoms with Crippen molar-refractivity contribution >= 4 is 17.7 Å². The summed E-state index contributed by atoms with van der Waals surface area (Å²) in [5, 5.41) is 3.14. The Morgan fingerprint density at radius 2 is 1.92 bits per heavy atom. The summed E-state index contributed by atoms with van der Waals surface area (Å²) in [5.41, 5.74) is 4.74. The summed E-state index contributed by atoms with van der Waals surface area (Å²) in [4.78, 5) is 12.3. The van der Waals surface area contributed by atoms with Crippen LogP contribution in [0.1, 0.15) is 54.5 Å². The monoisotopic (exact) mass is 371 g/mol. The quantitative estimate of drug-likeness (QED) is 0.724. The molecule has 0 radical (unpaired) electrons. The van der Waals surface area contributed by atoms with Crippen LogP contribution < -0.4 is 5.32 Å². The summed E-state index contributed by atoms with van der Waals surface area (Å²) in [7, 11) is 0. The van der Waals surface area contributed by atoms with E-state index in [9.17, 15) is 9.18 Å². The number of aryl methyl sites for hydroxylation is 2. The number of halogens is 1. The fraction of sp³-hybridized carbons (Fsp3) is 0.409. The highest BCUT2D eigenvalue weighted by molar-refractivity contribution is 7.99. The van der Waals surface area contributed by atoms with E-state index in [0.717, 1.165) is 12.8 Å². The summed E-state index contributed by atoms with van der Waals surface area (Å²) in [6, 6.07) is 13.4. The number of fused-ring (bicyclic) bond motifs is 1. The Morgan fingerprint density at radius 1 is 1.15 bits per heavy atom. The number of carbonyl (C=O) groups excluding carboxylic acids is 1. The molecular formula is C22H26FNOS. The third-order valence-corrected chi connectivity index (χ3v) is 5.95. The van der Waals surface area contributed by atoms with E-state index < -0.39 is 0 Å². The molecule has 0 saturated carbocycles. The fourth-order valence-corrected chi connectivity index (χ4v) is 4.32. The Morgan fingerprint density at radius 3 is 2.69 bits per heavy atom. The van der Waals surface area contributed by atoms with Gasteiger partial charge < -0.3 is 5.32 Å². The van der Waals surface area contributed by atoms with Gasteiger partial charge in [-0.05, 0) is 60.4 Å². The Kier molecular flexibility index (Phi) is 6.73. The number of nitrogens with one attached hydrogen (secondary N) is 1. The van der Waals surface area contributed by atoms with Crippen molar-refractivity contribution < 1.29 is 9.18 Å². The van der Waals surface area contributed by atoms with Crippen LogP contribution in [0.5, 0.6) is 0 Å². The van der Waals surface area contributed by atoms with Crippen molar-refractivity contribution in [1.82, 2.24) is 5.32 Å². The molecule has 0 spiro atoms. The number of hydrogen-bond acceptors (Lipinski definition) is 2. The first-order chi connectivity index (χ1) is 12.7. The van der Waals surface area contributed by atoms with Crippen molar-refractivity contribution in [3.05, 3.63) is 70.5 Å². The zero-order valence-corrected chi connectivity index (χ0v) is 16.1. The van der Waals surface area contributed by atoms with E-state index in [1.54, 1.807) is 12.1 Å². The van der Waals surface area contributed by atoms with Crippen LogP contribution in [-0.2, 0) is 23.4 Å². The molecule has 0 bridgehead atoms. The average Bonchev–Trinajstić information content (AvgIpc) is 2.67. The molecule has 1 amide bonds. The highest BCUT2D eigenvalue weighted by atomic mass is 32.2. The predicted octanol–water partition coefficient (Wildman–Crippen LogP) is 5.21. The van der Waals surface area contributed by atoms with Gasteiger partial charge in [0, 0.05) is 5.75 Å². The molecule has 0 fully saturated rings. The molecule has 1 N–H and O–H groups in total. The standard InChI is InChI=1S/C22H26FNOS/c1-2-21(18-12-11-16-7-3-4-8-17(16)13-18)24-22(25)15-26-14-19-9-5-6-10-20(19)23/h5-6,9-13,21H,2-4,7-8,14-15H2,1H3,(H,24,25)/t21-/m0/s1. The van der Waals surface area contributed by atoms with Crippen LogP contribution >= 0.6 is 11.8 Å². The molecule has 0 heterocycles. The Bertz CT molecular complexity index is 762. The lowest BCUT2D eigenvalue weighted by molar-refractivity contribution is -0.119. The van der Waals surface area contributed by atoms with Crippen molar-refractivity contribution in [3.8, 4) is 0 Å². The van der Waals surface area contributed by atoms with E-state index in [0.29, 0.717) is 17.1 Å². The lowest BCUT2D eigenvalue weighted by Gasteiger charge is -2.21. The molecule has 1 aliphatic carbocycles. The zero-order valence-electron chi connectivity index (χ0n) is 15.3. The largest absolute Gasteiger partial charge is 0.349 e. The molecule has 2 aromatic carbocycles. The molecule has 1 atom stereocenters. The minimum absolute atomic E-state index is 0.0101. The van der Waals surface area contributed by atoms with Crippen LogP contribution in [0.4, 0.5) is 4.39 Å². The maximum atomic E-state index is 13.6. The zero-order chi connectivity index (χ0) is 18.4. The fourth-order valence-electron chi connectivity index (χ4n) is 3.50. The third-order valence-electron chi connectivity index (χ3n) is 4.97. The smallest absolute Gasteiger partial charge is 0.230 e. The van der Waals surface area contributed by atoms with Gasteiger partial charge in [0.25, 0.3) is 0 Å². The average molecular weight is 372 g/mol. The van der Waals surface area contributed by atoms with Gasteiger partial charge >= 0.3 is 0 Å². The minimum atomic E-state index is -0.207. The Hall–Kier alpha value is -1.81. The van der Waals surface area contributed by atoms with Crippen LogP contribution in [0.15, 0.2) is 42.5 Å². The number of rotatable bonds is 7. The summed E-state index contributed by atoms with van der Waals surface area (Å²) in [6.07, 6.45) is 5.71. The number of benzene rings is 2. The van der Waals surface area contributed by atoms with Crippen molar-refractivity contribution in [2.45, 2.75) is 50.8 Å². The molecule has 0 unspecified atom stereocenters. The van der Waals surface area contributed by atoms with E-state index in [1.807, 2.05) is 6.07 Å². The number of hydrogen-bond donors (Lipinski definition) is 1. The molecule has 3 rings (SSSR count). The summed E-state index contributed by atoms with van der Waals surface area (Å²) in [5.74, 6) is 0.655. The molecule has 0 aromatic heterocycles. The molecule has 4 heteroatoms. The first kappa shape index (κ1) is 19.0. The van der Waals surface area contributed by atoms with E-state index in [2.05, 4.69) is 30.4 Å². The SMILES string of the molecule is CC[C@H](NC(=O)CSCc1ccccc1F)c1ccc2c(c1)CCCC2. The van der Waals surface area contributed by atoms with Crippen molar-refractivity contribution in [2.75, 3.05) is 5.75 Å². The third kappa shape index (κ3) is 4.88. The maximum Gasteiger partial charge on any atom is 0.230 e. The van der Waals surface area contributed by atoms with Gasteiger partial charge in [0.2, 0.25) is 5.91 Å². The van der Waals surface area contributed by atoms with Gasteiger partial charge in [-0.15, -0.1) is 11.8 Å². The van der Waals surface area contributed by atoms with E-state index in [4.69, 9.17) is 0 Å². The van der Waals surface area contributed by atoms with Gasteiger partial charge in [0.15, 0.2) is 0 Å². The summed E-state index contributed by atoms with van der Waals surface area (Å²) >= 11 is 1.45. The van der Waals surface area contributed by atoms with E-state index in [1.165, 1.54) is 53.8 Å². The van der Waals surface area contributed by atoms with E-state index >= 15 is 0 Å². The highest BCUT2D eigenvalue weighted by Crippen LogP contribution is 2.26. The normalized spacial score (nSPS) is 14.5. The van der Waals surface area contributed by atoms with Gasteiger partial charge in [0.1, 0.15) is 5.82 Å². The number of thioether (sulfide) groups is 1. The lowest BCUT2D eigenvalue weighted by Crippen LogP contribution is -2.29. The van der Waals surface area contributed by atoms with Crippen LogP contribution in [0, 0.1) is 5.82 Å². The molecule has 1 aliphatic rings. The number of carbonyl (C=O) groups is 1. The molecule has 26 heavy (non-hydrogen) atoms. The molecule has 138 valence electrons. The molecular weight excluding hydrogens is 345 g/mol. The second-order valence-corrected chi connectivity index (χ2v) is 7.83. The second kappa shape index (κ2) is 9.22. The molecule has 2 aromatic rings. The van der Waals surface area contributed by atoms with Crippen molar-refractivity contribution in [2.24, 2.45) is 0 Å². The van der Waals surface area contributed by atoms with Crippen molar-refractivity contribution in [1.29, 1.82) is 0 Å². The van der Waals surface area contributed by atoms with Crippen LogP contribution in [0.25, 0.3) is 0 Å². The van der Waals surface area contributed by atoms with Crippen LogP contribution in [-0.4, -0.2) is 11.7 Å². The summed E-state index contributed by atoms with van der Waals surface area (Å²) < 4.78 is 13.6. The predicted molar refractivity (Wildman–Crippen MR) is 107 cm³/mol. The number of amides is 1. The van der Waals surface area contributed by atoms with Gasteiger partial charge in [-0.2, -0.15) is 0 Å². The first-order valence-electron chi connectivity index (χ1n) is 9.39.